The minimum atomic E-state index is -3.38. The summed E-state index contributed by atoms with van der Waals surface area (Å²) in [6, 6.07) is 0.160. The number of carbonyl (C=O) groups is 1. The number of hydrogen-bond donors (Lipinski definition) is 2. The van der Waals surface area contributed by atoms with Crippen molar-refractivity contribution in [2.75, 3.05) is 46.0 Å². The Balaban J connectivity index is 2.35. The molecule has 0 radical (unpaired) electrons. The van der Waals surface area contributed by atoms with Crippen LogP contribution >= 0.6 is 0 Å². The lowest BCUT2D eigenvalue weighted by molar-refractivity contribution is -0.137. The summed E-state index contributed by atoms with van der Waals surface area (Å²) in [5.74, 6) is -1.10. The molecule has 0 saturated carbocycles. The molecule has 0 spiro atoms. The molecule has 1 saturated heterocycles. The van der Waals surface area contributed by atoms with Gasteiger partial charge in [-0.25, -0.2) is 13.1 Å². The summed E-state index contributed by atoms with van der Waals surface area (Å²) in [7, 11) is 0.622. The second-order valence-electron chi connectivity index (χ2n) is 5.06. The van der Waals surface area contributed by atoms with Gasteiger partial charge in [0.1, 0.15) is 0 Å². The van der Waals surface area contributed by atoms with Crippen LogP contribution in [0.4, 0.5) is 0 Å². The van der Waals surface area contributed by atoms with Crippen molar-refractivity contribution in [1.82, 2.24) is 14.5 Å². The van der Waals surface area contributed by atoms with Gasteiger partial charge in [0.25, 0.3) is 0 Å². The van der Waals surface area contributed by atoms with Crippen LogP contribution in [0.15, 0.2) is 0 Å². The number of nitrogens with one attached hydrogen (secondary N) is 1. The maximum atomic E-state index is 11.7. The predicted molar refractivity (Wildman–Crippen MR) is 72.6 cm³/mol. The van der Waals surface area contributed by atoms with Crippen molar-refractivity contribution >= 4 is 16.0 Å². The van der Waals surface area contributed by atoms with Crippen molar-refractivity contribution in [3.05, 3.63) is 0 Å². The summed E-state index contributed by atoms with van der Waals surface area (Å²) in [4.78, 5) is 14.7. The van der Waals surface area contributed by atoms with Crippen LogP contribution in [-0.4, -0.2) is 81.4 Å². The van der Waals surface area contributed by atoms with Crippen LogP contribution in [0.25, 0.3) is 0 Å². The highest BCUT2D eigenvalue weighted by atomic mass is 32.2. The van der Waals surface area contributed by atoms with Gasteiger partial charge in [0.05, 0.1) is 5.75 Å². The molecule has 1 fully saturated rings. The second-order valence-corrected chi connectivity index (χ2v) is 6.99. The van der Waals surface area contributed by atoms with Crippen molar-refractivity contribution in [2.45, 2.75) is 18.9 Å². The van der Waals surface area contributed by atoms with E-state index < -0.39 is 16.0 Å². The molecule has 0 aromatic carbocycles. The molecule has 0 aliphatic carbocycles. The molecule has 0 amide bonds. The van der Waals surface area contributed by atoms with E-state index in [-0.39, 0.29) is 24.6 Å². The minimum Gasteiger partial charge on any atom is -0.481 e. The van der Waals surface area contributed by atoms with Gasteiger partial charge in [0.2, 0.25) is 10.0 Å². The number of carboxylic acids is 1. The minimum absolute atomic E-state index is 0.118. The quantitative estimate of drug-likeness (QED) is 0.627. The molecule has 2 N–H and O–H groups in total. The van der Waals surface area contributed by atoms with Gasteiger partial charge < -0.3 is 10.0 Å². The first-order chi connectivity index (χ1) is 8.80. The summed E-state index contributed by atoms with van der Waals surface area (Å²) < 4.78 is 26.0. The Bertz CT molecular complexity index is 399. The van der Waals surface area contributed by atoms with Crippen LogP contribution in [0.3, 0.4) is 0 Å². The van der Waals surface area contributed by atoms with Gasteiger partial charge in [-0.1, -0.05) is 0 Å². The Morgan fingerprint density at radius 3 is 2.68 bits per heavy atom. The molecule has 1 aliphatic heterocycles. The molecule has 0 bridgehead atoms. The fourth-order valence-electron chi connectivity index (χ4n) is 2.03. The van der Waals surface area contributed by atoms with Gasteiger partial charge >= 0.3 is 5.97 Å². The third-order valence-electron chi connectivity index (χ3n) is 3.32. The van der Waals surface area contributed by atoms with Crippen LogP contribution in [0, 0.1) is 0 Å². The third-order valence-corrected chi connectivity index (χ3v) is 4.76. The van der Waals surface area contributed by atoms with E-state index in [2.05, 4.69) is 14.5 Å². The van der Waals surface area contributed by atoms with E-state index in [4.69, 9.17) is 5.11 Å². The predicted octanol–water partition coefficient (Wildman–Crippen LogP) is -0.984. The number of likely N-dealkylation sites (N-methyl/N-ethyl adjacent to an activating group) is 2. The van der Waals surface area contributed by atoms with Crippen LogP contribution in [0.2, 0.25) is 0 Å². The molecule has 7 nitrogen and oxygen atoms in total. The Labute approximate surface area is 114 Å². The van der Waals surface area contributed by atoms with Gasteiger partial charge in [-0.2, -0.15) is 0 Å². The number of aliphatic carboxylic acids is 1. The molecule has 1 rings (SSSR count). The van der Waals surface area contributed by atoms with Crippen molar-refractivity contribution < 1.29 is 18.3 Å². The van der Waals surface area contributed by atoms with E-state index in [0.29, 0.717) is 6.54 Å². The fraction of sp³-hybridized carbons (Fsp3) is 0.909. The molecule has 1 unspecified atom stereocenters. The number of piperazine rings is 1. The standard InChI is InChI=1S/C11H23N3O4S/c1-13-5-6-14(2)10(9-13)8-12-19(17,18)7-3-4-11(15)16/h10,12H,3-9H2,1-2H3,(H,15,16). The van der Waals surface area contributed by atoms with E-state index in [1.807, 2.05) is 14.1 Å². The highest BCUT2D eigenvalue weighted by Crippen LogP contribution is 2.05. The number of rotatable bonds is 7. The highest BCUT2D eigenvalue weighted by molar-refractivity contribution is 7.89. The Morgan fingerprint density at radius 1 is 1.37 bits per heavy atom. The molecule has 1 aliphatic rings. The zero-order chi connectivity index (χ0) is 14.5. The normalized spacial score (nSPS) is 22.5. The van der Waals surface area contributed by atoms with Gasteiger partial charge in [-0.15, -0.1) is 0 Å². The molecule has 0 aromatic rings. The van der Waals surface area contributed by atoms with Gasteiger partial charge in [0, 0.05) is 38.6 Å². The molecule has 0 aromatic heterocycles. The summed E-state index contributed by atoms with van der Waals surface area (Å²) in [5.41, 5.74) is 0. The first-order valence-electron chi connectivity index (χ1n) is 6.38. The van der Waals surface area contributed by atoms with E-state index in [9.17, 15) is 13.2 Å². The molecular formula is C11H23N3O4S. The Morgan fingerprint density at radius 2 is 2.05 bits per heavy atom. The maximum Gasteiger partial charge on any atom is 0.303 e. The smallest absolute Gasteiger partial charge is 0.303 e. The molecule has 1 atom stereocenters. The Hall–Kier alpha value is -0.700. The molecule has 8 heteroatoms. The van der Waals surface area contributed by atoms with Crippen molar-refractivity contribution in [3.8, 4) is 0 Å². The van der Waals surface area contributed by atoms with Crippen LogP contribution in [0.5, 0.6) is 0 Å². The van der Waals surface area contributed by atoms with Crippen LogP contribution < -0.4 is 4.72 Å². The number of sulfonamides is 1. The SMILES string of the molecule is CN1CCN(C)C(CNS(=O)(=O)CCCC(=O)O)C1. The lowest BCUT2D eigenvalue weighted by atomic mass is 10.2. The first-order valence-corrected chi connectivity index (χ1v) is 8.03. The molecule has 112 valence electrons. The molecule has 1 heterocycles. The first kappa shape index (κ1) is 16.4. The number of carboxylic acid groups (broad SMARTS) is 1. The largest absolute Gasteiger partial charge is 0.481 e. The van der Waals surface area contributed by atoms with Gasteiger partial charge in [-0.05, 0) is 20.5 Å². The lowest BCUT2D eigenvalue weighted by Gasteiger charge is -2.37. The topological polar surface area (TPSA) is 90.0 Å². The molecule has 19 heavy (non-hydrogen) atoms. The average Bonchev–Trinajstić information content (AvgIpc) is 2.30. The maximum absolute atomic E-state index is 11.7. The Kier molecular flexibility index (Phi) is 6.18. The summed E-state index contributed by atoms with van der Waals surface area (Å²) >= 11 is 0. The van der Waals surface area contributed by atoms with Crippen molar-refractivity contribution in [1.29, 1.82) is 0 Å². The number of hydrogen-bond acceptors (Lipinski definition) is 5. The zero-order valence-corrected chi connectivity index (χ0v) is 12.3. The van der Waals surface area contributed by atoms with Gasteiger partial charge in [-0.3, -0.25) is 9.69 Å². The third kappa shape index (κ3) is 6.33. The second kappa shape index (κ2) is 7.18. The summed E-state index contributed by atoms with van der Waals surface area (Å²) in [5, 5.41) is 8.48. The van der Waals surface area contributed by atoms with Gasteiger partial charge in [0.15, 0.2) is 0 Å². The zero-order valence-electron chi connectivity index (χ0n) is 11.5. The lowest BCUT2D eigenvalue weighted by Crippen LogP contribution is -2.54. The van der Waals surface area contributed by atoms with Crippen LogP contribution in [-0.2, 0) is 14.8 Å². The summed E-state index contributed by atoms with van der Waals surface area (Å²) in [6.45, 7) is 3.10. The molecular weight excluding hydrogens is 270 g/mol. The van der Waals surface area contributed by atoms with Crippen molar-refractivity contribution in [3.63, 3.8) is 0 Å². The number of nitrogens with zero attached hydrogens (tertiary/aromatic N) is 2. The van der Waals surface area contributed by atoms with Crippen molar-refractivity contribution in [2.24, 2.45) is 0 Å². The van der Waals surface area contributed by atoms with Crippen LogP contribution in [0.1, 0.15) is 12.8 Å². The van der Waals surface area contributed by atoms with E-state index in [1.165, 1.54) is 0 Å². The van der Waals surface area contributed by atoms with E-state index in [0.717, 1.165) is 19.6 Å². The van der Waals surface area contributed by atoms with E-state index in [1.54, 1.807) is 0 Å². The summed E-state index contributed by atoms with van der Waals surface area (Å²) in [6.07, 6.45) is 0.0258. The fourth-order valence-corrected chi connectivity index (χ4v) is 3.15. The highest BCUT2D eigenvalue weighted by Gasteiger charge is 2.23. The van der Waals surface area contributed by atoms with E-state index >= 15 is 0 Å². The average molecular weight is 293 g/mol. The monoisotopic (exact) mass is 293 g/mol.